The van der Waals surface area contributed by atoms with Gasteiger partial charge in [-0.1, -0.05) is 42.8 Å². The van der Waals surface area contributed by atoms with E-state index >= 15 is 0 Å². The molecule has 0 unspecified atom stereocenters. The van der Waals surface area contributed by atoms with Gasteiger partial charge in [-0.05, 0) is 42.8 Å². The van der Waals surface area contributed by atoms with Crippen LogP contribution in [0.25, 0.3) is 17.0 Å². The zero-order chi connectivity index (χ0) is 23.8. The van der Waals surface area contributed by atoms with Gasteiger partial charge in [-0.2, -0.15) is 4.57 Å². The summed E-state index contributed by atoms with van der Waals surface area (Å²) < 4.78 is 2.95. The quantitative estimate of drug-likeness (QED) is 0.357. The maximum absolute atomic E-state index is 13.8. The lowest BCUT2D eigenvalue weighted by atomic mass is 10.0. The van der Waals surface area contributed by atoms with Crippen LogP contribution in [0, 0.1) is 0 Å². The number of aryl methyl sites for hydroxylation is 1. The average molecular weight is 472 g/mol. The first kappa shape index (κ1) is 21.6. The van der Waals surface area contributed by atoms with Gasteiger partial charge in [0, 0.05) is 22.8 Å². The summed E-state index contributed by atoms with van der Waals surface area (Å²) in [5.74, 6) is -1.04. The molecule has 0 atom stereocenters. The summed E-state index contributed by atoms with van der Waals surface area (Å²) in [7, 11) is 0. The highest BCUT2D eigenvalue weighted by atomic mass is 35.5. The van der Waals surface area contributed by atoms with Crippen molar-refractivity contribution in [3.05, 3.63) is 112 Å². The van der Waals surface area contributed by atoms with E-state index in [4.69, 9.17) is 11.6 Å². The number of carbonyl (C=O) groups excluding carboxylic acids is 2. The molecule has 2 aromatic carbocycles. The van der Waals surface area contributed by atoms with Crippen molar-refractivity contribution in [1.29, 1.82) is 0 Å². The lowest BCUT2D eigenvalue weighted by Gasteiger charge is -2.13. The number of anilines is 1. The number of amides is 2. The number of halogens is 1. The number of aromatic amines is 1. The molecule has 168 valence electrons. The summed E-state index contributed by atoms with van der Waals surface area (Å²) in [6.07, 6.45) is 3.82. The standard InChI is InChI=1S/C26H19ClN4O3/c1-2-20-21(25(33)31(28-20)19-13-11-17(27)12-14-19)22-23(29-15-7-4-8-16-29)26(34)30(24(22)32)18-9-5-3-6-10-18/h3-16H,2H2,1H3/p+1. The van der Waals surface area contributed by atoms with Crippen molar-refractivity contribution in [2.24, 2.45) is 0 Å². The number of H-pyrrole nitrogens is 1. The molecule has 5 rings (SSSR count). The van der Waals surface area contributed by atoms with Gasteiger partial charge in [0.1, 0.15) is 5.57 Å². The molecular weight excluding hydrogens is 452 g/mol. The van der Waals surface area contributed by atoms with Gasteiger partial charge in [0.05, 0.1) is 16.9 Å². The Bertz CT molecular complexity index is 1490. The molecule has 1 N–H and O–H groups in total. The highest BCUT2D eigenvalue weighted by Crippen LogP contribution is 2.33. The Balaban J connectivity index is 1.77. The van der Waals surface area contributed by atoms with Crippen LogP contribution in [0.2, 0.25) is 5.02 Å². The molecule has 2 aromatic heterocycles. The number of carbonyl (C=O) groups is 2. The number of pyridine rings is 1. The van der Waals surface area contributed by atoms with Gasteiger partial charge in [-0.25, -0.2) is 9.58 Å². The molecule has 0 fully saturated rings. The van der Waals surface area contributed by atoms with Crippen LogP contribution in [0.5, 0.6) is 0 Å². The van der Waals surface area contributed by atoms with E-state index in [1.807, 2.05) is 19.1 Å². The van der Waals surface area contributed by atoms with Crippen LogP contribution in [0.15, 0.2) is 90.0 Å². The molecule has 0 saturated carbocycles. The summed E-state index contributed by atoms with van der Waals surface area (Å²) in [6.45, 7) is 1.88. The maximum atomic E-state index is 13.8. The van der Waals surface area contributed by atoms with Crippen LogP contribution in [0.3, 0.4) is 0 Å². The Hall–Kier alpha value is -4.23. The molecule has 1 aliphatic rings. The Morgan fingerprint density at radius 3 is 2.12 bits per heavy atom. The normalized spacial score (nSPS) is 13.8. The first-order valence-electron chi connectivity index (χ1n) is 10.8. The van der Waals surface area contributed by atoms with E-state index < -0.39 is 17.4 Å². The number of hydrogen-bond acceptors (Lipinski definition) is 3. The van der Waals surface area contributed by atoms with Crippen molar-refractivity contribution in [1.82, 2.24) is 9.78 Å². The zero-order valence-electron chi connectivity index (χ0n) is 18.2. The molecule has 0 bridgehead atoms. The Labute approximate surface area is 200 Å². The number of aromatic nitrogens is 3. The molecule has 1 aliphatic heterocycles. The van der Waals surface area contributed by atoms with Crippen LogP contribution in [-0.4, -0.2) is 21.6 Å². The van der Waals surface area contributed by atoms with Gasteiger partial charge in [0.25, 0.3) is 17.2 Å². The van der Waals surface area contributed by atoms with Crippen LogP contribution in [-0.2, 0) is 16.0 Å². The van der Waals surface area contributed by atoms with E-state index in [9.17, 15) is 14.4 Å². The second-order valence-corrected chi connectivity index (χ2v) is 8.16. The molecule has 34 heavy (non-hydrogen) atoms. The molecule has 0 spiro atoms. The summed E-state index contributed by atoms with van der Waals surface area (Å²) in [4.78, 5) is 42.2. The number of nitrogens with one attached hydrogen (secondary N) is 1. The minimum atomic E-state index is -0.545. The number of nitrogens with zero attached hydrogens (tertiary/aromatic N) is 3. The van der Waals surface area contributed by atoms with Crippen LogP contribution in [0.4, 0.5) is 5.69 Å². The van der Waals surface area contributed by atoms with Crippen molar-refractivity contribution in [2.45, 2.75) is 13.3 Å². The molecule has 7 nitrogen and oxygen atoms in total. The fraction of sp³-hybridized carbons (Fsp3) is 0.0769. The topological polar surface area (TPSA) is 79.1 Å². The summed E-state index contributed by atoms with van der Waals surface area (Å²) in [5.41, 5.74) is 1.52. The van der Waals surface area contributed by atoms with Gasteiger partial charge in [0.15, 0.2) is 12.4 Å². The van der Waals surface area contributed by atoms with E-state index in [1.165, 1.54) is 4.68 Å². The molecule has 4 aromatic rings. The molecule has 0 saturated heterocycles. The van der Waals surface area contributed by atoms with Gasteiger partial charge in [-0.15, -0.1) is 0 Å². The molecule has 2 amide bonds. The van der Waals surface area contributed by atoms with Crippen molar-refractivity contribution in [3.63, 3.8) is 0 Å². The first-order chi connectivity index (χ1) is 16.5. The third-order valence-electron chi connectivity index (χ3n) is 5.70. The number of rotatable bonds is 5. The largest absolute Gasteiger partial charge is 0.331 e. The van der Waals surface area contributed by atoms with E-state index in [0.717, 1.165) is 4.90 Å². The Morgan fingerprint density at radius 2 is 1.47 bits per heavy atom. The van der Waals surface area contributed by atoms with Crippen molar-refractivity contribution in [2.75, 3.05) is 4.90 Å². The monoisotopic (exact) mass is 471 g/mol. The van der Waals surface area contributed by atoms with Crippen molar-refractivity contribution < 1.29 is 14.2 Å². The number of hydrogen-bond donors (Lipinski definition) is 1. The molecule has 0 radical (unpaired) electrons. The van der Waals surface area contributed by atoms with Gasteiger partial charge in [0.2, 0.25) is 0 Å². The van der Waals surface area contributed by atoms with E-state index in [2.05, 4.69) is 5.10 Å². The summed E-state index contributed by atoms with van der Waals surface area (Å²) in [5, 5.41) is 3.65. The second-order valence-electron chi connectivity index (χ2n) is 7.72. The average Bonchev–Trinajstić information content (AvgIpc) is 3.32. The molecular formula is C26H20ClN4O3+. The fourth-order valence-electron chi connectivity index (χ4n) is 4.11. The third-order valence-corrected chi connectivity index (χ3v) is 5.95. The smallest absolute Gasteiger partial charge is 0.294 e. The molecule has 3 heterocycles. The minimum absolute atomic E-state index is 0.0656. The number of para-hydroxylation sites is 1. The first-order valence-corrected chi connectivity index (χ1v) is 11.1. The Kier molecular flexibility index (Phi) is 5.47. The van der Waals surface area contributed by atoms with Gasteiger partial charge < -0.3 is 0 Å². The predicted octanol–water partition coefficient (Wildman–Crippen LogP) is 3.61. The second kappa shape index (κ2) is 8.61. The van der Waals surface area contributed by atoms with E-state index in [-0.39, 0.29) is 16.8 Å². The third kappa shape index (κ3) is 3.47. The van der Waals surface area contributed by atoms with Crippen molar-refractivity contribution >= 4 is 40.4 Å². The van der Waals surface area contributed by atoms with Crippen LogP contribution >= 0.6 is 11.6 Å². The summed E-state index contributed by atoms with van der Waals surface area (Å²) in [6, 6.07) is 20.8. The minimum Gasteiger partial charge on any atom is -0.294 e. The van der Waals surface area contributed by atoms with E-state index in [1.54, 1.807) is 77.6 Å². The fourth-order valence-corrected chi connectivity index (χ4v) is 4.24. The van der Waals surface area contributed by atoms with Gasteiger partial charge >= 0.3 is 5.91 Å². The lowest BCUT2D eigenvalue weighted by Crippen LogP contribution is -2.39. The van der Waals surface area contributed by atoms with Crippen molar-refractivity contribution in [3.8, 4) is 5.69 Å². The van der Waals surface area contributed by atoms with Crippen LogP contribution < -0.4 is 15.0 Å². The SMILES string of the molecule is CCc1[nH]n(-c2ccc(Cl)cc2)c(=O)c1C1=C([n+]2ccccc2)C(=O)N(c2ccccc2)C1=O. The number of imide groups is 1. The Morgan fingerprint density at radius 1 is 0.824 bits per heavy atom. The zero-order valence-corrected chi connectivity index (χ0v) is 19.0. The van der Waals surface area contributed by atoms with E-state index in [0.29, 0.717) is 28.5 Å². The molecule has 8 heteroatoms. The number of benzene rings is 2. The predicted molar refractivity (Wildman–Crippen MR) is 129 cm³/mol. The van der Waals surface area contributed by atoms with Crippen LogP contribution in [0.1, 0.15) is 18.2 Å². The summed E-state index contributed by atoms with van der Waals surface area (Å²) >= 11 is 6.01. The van der Waals surface area contributed by atoms with Gasteiger partial charge in [-0.3, -0.25) is 19.5 Å². The highest BCUT2D eigenvalue weighted by Gasteiger charge is 2.48. The molecule has 0 aliphatic carbocycles. The maximum Gasteiger partial charge on any atom is 0.331 e. The highest BCUT2D eigenvalue weighted by molar-refractivity contribution is 6.53. The lowest BCUT2D eigenvalue weighted by molar-refractivity contribution is -0.576.